The van der Waals surface area contributed by atoms with Gasteiger partial charge in [-0.05, 0) is 51.3 Å². The number of hydrogen-bond donors (Lipinski definition) is 1. The summed E-state index contributed by atoms with van der Waals surface area (Å²) in [5.41, 5.74) is 5.63. The van der Waals surface area contributed by atoms with Crippen LogP contribution in [-0.4, -0.2) is 14.7 Å². The smallest absolute Gasteiger partial charge is 0.0807 e. The molecule has 1 aliphatic carbocycles. The minimum atomic E-state index is -0.299. The third-order valence-electron chi connectivity index (χ3n) is 3.72. The van der Waals surface area contributed by atoms with E-state index < -0.39 is 0 Å². The molecule has 18 heavy (non-hydrogen) atoms. The molecule has 1 aliphatic rings. The minimum absolute atomic E-state index is 0.299. The molecule has 3 nitrogen and oxygen atoms in total. The van der Waals surface area contributed by atoms with E-state index in [1.807, 2.05) is 19.2 Å². The van der Waals surface area contributed by atoms with Crippen LogP contribution in [0.3, 0.4) is 0 Å². The maximum atomic E-state index is 10.1. The molecule has 0 fully saturated rings. The average molecular weight is 242 g/mol. The summed E-state index contributed by atoms with van der Waals surface area (Å²) in [7, 11) is 0. The number of rotatable bonds is 1. The molecule has 0 bridgehead atoms. The lowest BCUT2D eigenvalue weighted by Gasteiger charge is -2.20. The van der Waals surface area contributed by atoms with Gasteiger partial charge in [-0.15, -0.1) is 0 Å². The fourth-order valence-electron chi connectivity index (χ4n) is 2.83. The van der Waals surface area contributed by atoms with E-state index in [0.29, 0.717) is 0 Å². The van der Waals surface area contributed by atoms with Crippen molar-refractivity contribution in [3.8, 4) is 5.69 Å². The van der Waals surface area contributed by atoms with Crippen LogP contribution in [0.5, 0.6) is 0 Å². The van der Waals surface area contributed by atoms with Gasteiger partial charge in [-0.3, -0.25) is 4.98 Å². The van der Waals surface area contributed by atoms with Gasteiger partial charge in [0.2, 0.25) is 0 Å². The van der Waals surface area contributed by atoms with Gasteiger partial charge in [0.1, 0.15) is 0 Å². The van der Waals surface area contributed by atoms with E-state index in [0.717, 1.165) is 36.2 Å². The molecule has 0 spiro atoms. The molecule has 0 saturated carbocycles. The Labute approximate surface area is 107 Å². The summed E-state index contributed by atoms with van der Waals surface area (Å²) in [5, 5.41) is 10.1. The van der Waals surface area contributed by atoms with Gasteiger partial charge in [0.25, 0.3) is 0 Å². The topological polar surface area (TPSA) is 38.0 Å². The highest BCUT2D eigenvalue weighted by Crippen LogP contribution is 2.33. The highest BCUT2D eigenvalue weighted by Gasteiger charge is 2.23. The molecule has 2 aromatic heterocycles. The van der Waals surface area contributed by atoms with Crippen LogP contribution < -0.4 is 0 Å². The van der Waals surface area contributed by atoms with E-state index in [-0.39, 0.29) is 6.10 Å². The van der Waals surface area contributed by atoms with Gasteiger partial charge < -0.3 is 9.67 Å². The van der Waals surface area contributed by atoms with Crippen molar-refractivity contribution >= 4 is 0 Å². The van der Waals surface area contributed by atoms with Crippen LogP contribution >= 0.6 is 0 Å². The van der Waals surface area contributed by atoms with Crippen molar-refractivity contribution in [1.82, 2.24) is 9.55 Å². The molecule has 1 atom stereocenters. The van der Waals surface area contributed by atoms with Crippen LogP contribution in [0.2, 0.25) is 0 Å². The van der Waals surface area contributed by atoms with Crippen molar-refractivity contribution < 1.29 is 5.11 Å². The third kappa shape index (κ3) is 1.75. The molecular weight excluding hydrogens is 224 g/mol. The van der Waals surface area contributed by atoms with Crippen LogP contribution in [0, 0.1) is 13.8 Å². The zero-order valence-corrected chi connectivity index (χ0v) is 10.8. The molecule has 2 aromatic rings. The number of hydrogen-bond acceptors (Lipinski definition) is 2. The molecule has 94 valence electrons. The molecule has 3 rings (SSSR count). The Bertz CT molecular complexity index is 569. The van der Waals surface area contributed by atoms with E-state index in [2.05, 4.69) is 28.6 Å². The Balaban J connectivity index is 2.15. The first-order valence-corrected chi connectivity index (χ1v) is 6.49. The van der Waals surface area contributed by atoms with Crippen LogP contribution in [0.25, 0.3) is 5.69 Å². The molecule has 1 unspecified atom stereocenters. The fraction of sp³-hybridized carbons (Fsp3) is 0.400. The van der Waals surface area contributed by atoms with Crippen molar-refractivity contribution in [3.63, 3.8) is 0 Å². The molecule has 0 aliphatic heterocycles. The van der Waals surface area contributed by atoms with Crippen molar-refractivity contribution in [2.45, 2.75) is 39.2 Å². The van der Waals surface area contributed by atoms with Crippen LogP contribution in [0.1, 0.15) is 41.6 Å². The van der Waals surface area contributed by atoms with E-state index in [1.54, 1.807) is 0 Å². The lowest BCUT2D eigenvalue weighted by atomic mass is 9.95. The van der Waals surface area contributed by atoms with Crippen LogP contribution in [-0.2, 0) is 6.42 Å². The molecule has 0 saturated heterocycles. The third-order valence-corrected chi connectivity index (χ3v) is 3.72. The first-order valence-electron chi connectivity index (χ1n) is 6.49. The number of aromatic nitrogens is 2. The Hall–Kier alpha value is -1.61. The summed E-state index contributed by atoms with van der Waals surface area (Å²) < 4.78 is 2.23. The average Bonchev–Trinajstić information content (AvgIpc) is 2.69. The number of nitrogens with zero attached hydrogens (tertiary/aromatic N) is 2. The van der Waals surface area contributed by atoms with Gasteiger partial charge in [-0.1, -0.05) is 0 Å². The Kier molecular flexibility index (Phi) is 2.71. The predicted octanol–water partition coefficient (Wildman–Crippen LogP) is 2.86. The van der Waals surface area contributed by atoms with Gasteiger partial charge in [-0.2, -0.15) is 0 Å². The van der Waals surface area contributed by atoms with Crippen molar-refractivity contribution in [3.05, 3.63) is 47.0 Å². The monoisotopic (exact) mass is 242 g/mol. The SMILES string of the molecule is Cc1ccc(-n2c(C)cc3c2CCCC3O)cn1. The Morgan fingerprint density at radius 2 is 2.17 bits per heavy atom. The maximum Gasteiger partial charge on any atom is 0.0807 e. The molecule has 0 amide bonds. The first-order chi connectivity index (χ1) is 8.66. The van der Waals surface area contributed by atoms with E-state index in [4.69, 9.17) is 0 Å². The van der Waals surface area contributed by atoms with E-state index in [9.17, 15) is 5.11 Å². The predicted molar refractivity (Wildman–Crippen MR) is 70.9 cm³/mol. The van der Waals surface area contributed by atoms with Crippen molar-refractivity contribution in [2.24, 2.45) is 0 Å². The van der Waals surface area contributed by atoms with Crippen LogP contribution in [0.15, 0.2) is 24.4 Å². The normalized spacial score (nSPS) is 18.7. The van der Waals surface area contributed by atoms with Gasteiger partial charge in [-0.25, -0.2) is 0 Å². The second-order valence-electron chi connectivity index (χ2n) is 5.09. The lowest BCUT2D eigenvalue weighted by molar-refractivity contribution is 0.156. The zero-order valence-electron chi connectivity index (χ0n) is 10.8. The van der Waals surface area contributed by atoms with Gasteiger partial charge in [0.15, 0.2) is 0 Å². The van der Waals surface area contributed by atoms with Crippen molar-refractivity contribution in [2.75, 3.05) is 0 Å². The Morgan fingerprint density at radius 1 is 1.33 bits per heavy atom. The number of aliphatic hydroxyl groups excluding tert-OH is 1. The lowest BCUT2D eigenvalue weighted by Crippen LogP contribution is -2.11. The summed E-state index contributed by atoms with van der Waals surface area (Å²) in [6.45, 7) is 4.08. The van der Waals surface area contributed by atoms with Crippen LogP contribution in [0.4, 0.5) is 0 Å². The zero-order chi connectivity index (χ0) is 12.7. The maximum absolute atomic E-state index is 10.1. The molecule has 2 heterocycles. The van der Waals surface area contributed by atoms with E-state index >= 15 is 0 Å². The minimum Gasteiger partial charge on any atom is -0.388 e. The number of aryl methyl sites for hydroxylation is 2. The Morgan fingerprint density at radius 3 is 2.89 bits per heavy atom. The molecule has 1 N–H and O–H groups in total. The molecule has 0 radical (unpaired) electrons. The summed E-state index contributed by atoms with van der Waals surface area (Å²) >= 11 is 0. The standard InChI is InChI=1S/C15H18N2O/c1-10-6-7-12(9-16-10)17-11(2)8-13-14(17)4-3-5-15(13)18/h6-9,15,18H,3-5H2,1-2H3. The summed E-state index contributed by atoms with van der Waals surface area (Å²) in [4.78, 5) is 4.36. The van der Waals surface area contributed by atoms with Gasteiger partial charge >= 0.3 is 0 Å². The van der Waals surface area contributed by atoms with E-state index in [1.165, 1.54) is 11.4 Å². The summed E-state index contributed by atoms with van der Waals surface area (Å²) in [6, 6.07) is 6.23. The van der Waals surface area contributed by atoms with Gasteiger partial charge in [0, 0.05) is 22.6 Å². The fourth-order valence-corrected chi connectivity index (χ4v) is 2.83. The highest BCUT2D eigenvalue weighted by molar-refractivity contribution is 5.42. The van der Waals surface area contributed by atoms with Crippen molar-refractivity contribution in [1.29, 1.82) is 0 Å². The number of fused-ring (bicyclic) bond motifs is 1. The molecule has 3 heteroatoms. The first kappa shape index (κ1) is 11.5. The largest absolute Gasteiger partial charge is 0.388 e. The second-order valence-corrected chi connectivity index (χ2v) is 5.09. The number of pyridine rings is 1. The molecular formula is C15H18N2O. The molecule has 0 aromatic carbocycles. The number of aliphatic hydroxyl groups is 1. The summed E-state index contributed by atoms with van der Waals surface area (Å²) in [6.07, 6.45) is 4.57. The summed E-state index contributed by atoms with van der Waals surface area (Å²) in [5.74, 6) is 0. The van der Waals surface area contributed by atoms with Gasteiger partial charge in [0.05, 0.1) is 18.0 Å². The second kappa shape index (κ2) is 4.25. The highest BCUT2D eigenvalue weighted by atomic mass is 16.3. The quantitative estimate of drug-likeness (QED) is 0.835.